The lowest BCUT2D eigenvalue weighted by Gasteiger charge is -2.23. The van der Waals surface area contributed by atoms with Gasteiger partial charge in [0.25, 0.3) is 5.69 Å². The lowest BCUT2D eigenvalue weighted by Crippen LogP contribution is -2.30. The molecular formula is C14H21N3O2. The van der Waals surface area contributed by atoms with Crippen LogP contribution in [0.4, 0.5) is 11.4 Å². The summed E-state index contributed by atoms with van der Waals surface area (Å²) in [4.78, 5) is 10.5. The van der Waals surface area contributed by atoms with E-state index in [4.69, 9.17) is 0 Å². The molecule has 0 spiro atoms. The number of nitro benzene ring substituents is 1. The Morgan fingerprint density at radius 2 is 2.37 bits per heavy atom. The topological polar surface area (TPSA) is 67.2 Å². The van der Waals surface area contributed by atoms with E-state index in [0.29, 0.717) is 5.56 Å². The van der Waals surface area contributed by atoms with E-state index in [2.05, 4.69) is 10.6 Å². The molecule has 1 heterocycles. The van der Waals surface area contributed by atoms with Crippen LogP contribution in [0.15, 0.2) is 18.2 Å². The Bertz CT molecular complexity index is 442. The molecule has 1 saturated heterocycles. The highest BCUT2D eigenvalue weighted by atomic mass is 16.6. The number of nitrogens with zero attached hydrogens (tertiary/aromatic N) is 1. The van der Waals surface area contributed by atoms with Gasteiger partial charge in [-0.2, -0.15) is 0 Å². The fraction of sp³-hybridized carbons (Fsp3) is 0.571. The monoisotopic (exact) mass is 263 g/mol. The highest BCUT2D eigenvalue weighted by molar-refractivity contribution is 5.59. The van der Waals surface area contributed by atoms with Crippen molar-refractivity contribution in [1.82, 2.24) is 5.32 Å². The van der Waals surface area contributed by atoms with Crippen molar-refractivity contribution in [1.29, 1.82) is 0 Å². The molecule has 0 saturated carbocycles. The number of rotatable bonds is 5. The zero-order valence-corrected chi connectivity index (χ0v) is 11.3. The molecule has 0 aliphatic carbocycles. The molecule has 5 heteroatoms. The normalized spacial score (nSPS) is 19.1. The van der Waals surface area contributed by atoms with Crippen molar-refractivity contribution in [2.45, 2.75) is 26.2 Å². The van der Waals surface area contributed by atoms with Crippen LogP contribution in [0.3, 0.4) is 0 Å². The minimum Gasteiger partial charge on any atom is -0.385 e. The van der Waals surface area contributed by atoms with Gasteiger partial charge in [-0.15, -0.1) is 0 Å². The van der Waals surface area contributed by atoms with Gasteiger partial charge in [-0.1, -0.05) is 6.07 Å². The number of piperidine rings is 1. The Morgan fingerprint density at radius 1 is 1.53 bits per heavy atom. The molecule has 104 valence electrons. The average molecular weight is 263 g/mol. The molecule has 19 heavy (non-hydrogen) atoms. The summed E-state index contributed by atoms with van der Waals surface area (Å²) in [6, 6.07) is 5.18. The Kier molecular flexibility index (Phi) is 4.74. The van der Waals surface area contributed by atoms with Gasteiger partial charge in [-0.25, -0.2) is 0 Å². The van der Waals surface area contributed by atoms with Crippen LogP contribution in [-0.2, 0) is 0 Å². The maximum Gasteiger partial charge on any atom is 0.274 e. The summed E-state index contributed by atoms with van der Waals surface area (Å²) in [5, 5.41) is 17.6. The van der Waals surface area contributed by atoms with E-state index in [0.717, 1.165) is 37.7 Å². The molecule has 5 nitrogen and oxygen atoms in total. The van der Waals surface area contributed by atoms with Crippen LogP contribution in [0.5, 0.6) is 0 Å². The largest absolute Gasteiger partial charge is 0.385 e. The molecule has 2 rings (SSSR count). The summed E-state index contributed by atoms with van der Waals surface area (Å²) in [5.41, 5.74) is 1.77. The second kappa shape index (κ2) is 6.52. The molecule has 0 bridgehead atoms. The van der Waals surface area contributed by atoms with Gasteiger partial charge < -0.3 is 10.6 Å². The Morgan fingerprint density at radius 3 is 3.05 bits per heavy atom. The minimum absolute atomic E-state index is 0.185. The quantitative estimate of drug-likeness (QED) is 0.633. The molecule has 0 aromatic heterocycles. The Hall–Kier alpha value is -1.62. The van der Waals surface area contributed by atoms with Gasteiger partial charge in [-0.05, 0) is 51.3 Å². The summed E-state index contributed by atoms with van der Waals surface area (Å²) >= 11 is 0. The maximum absolute atomic E-state index is 10.9. The number of hydrogen-bond acceptors (Lipinski definition) is 4. The molecule has 1 aliphatic heterocycles. The lowest BCUT2D eigenvalue weighted by atomic mass is 9.96. The van der Waals surface area contributed by atoms with Crippen LogP contribution < -0.4 is 10.6 Å². The van der Waals surface area contributed by atoms with Crippen LogP contribution in [-0.4, -0.2) is 24.6 Å². The van der Waals surface area contributed by atoms with Gasteiger partial charge in [0.15, 0.2) is 0 Å². The first-order valence-electron chi connectivity index (χ1n) is 6.87. The molecule has 1 aromatic rings. The van der Waals surface area contributed by atoms with E-state index < -0.39 is 0 Å². The van der Waals surface area contributed by atoms with Gasteiger partial charge in [0, 0.05) is 23.9 Å². The van der Waals surface area contributed by atoms with Crippen LogP contribution in [0, 0.1) is 23.0 Å². The first kappa shape index (κ1) is 13.8. The summed E-state index contributed by atoms with van der Waals surface area (Å²) in [7, 11) is 0. The van der Waals surface area contributed by atoms with Crippen molar-refractivity contribution in [2.24, 2.45) is 5.92 Å². The highest BCUT2D eigenvalue weighted by Gasteiger charge is 2.14. The first-order valence-corrected chi connectivity index (χ1v) is 6.87. The molecule has 2 N–H and O–H groups in total. The van der Waals surface area contributed by atoms with E-state index in [1.807, 2.05) is 6.07 Å². The van der Waals surface area contributed by atoms with Crippen molar-refractivity contribution >= 4 is 11.4 Å². The van der Waals surface area contributed by atoms with Crippen LogP contribution in [0.2, 0.25) is 0 Å². The summed E-state index contributed by atoms with van der Waals surface area (Å²) < 4.78 is 0. The zero-order valence-electron chi connectivity index (χ0n) is 11.3. The molecule has 1 fully saturated rings. The zero-order chi connectivity index (χ0) is 13.7. The van der Waals surface area contributed by atoms with Crippen LogP contribution >= 0.6 is 0 Å². The summed E-state index contributed by atoms with van der Waals surface area (Å²) in [6.07, 6.45) is 3.64. The summed E-state index contributed by atoms with van der Waals surface area (Å²) in [6.45, 7) is 4.89. The molecule has 1 aromatic carbocycles. The predicted octanol–water partition coefficient (Wildman–Crippen LogP) is 2.70. The first-order chi connectivity index (χ1) is 9.18. The smallest absolute Gasteiger partial charge is 0.274 e. The Labute approximate surface area is 113 Å². The third kappa shape index (κ3) is 3.67. The molecule has 0 amide bonds. The fourth-order valence-electron chi connectivity index (χ4n) is 2.59. The van der Waals surface area contributed by atoms with Gasteiger partial charge in [0.1, 0.15) is 0 Å². The predicted molar refractivity (Wildman–Crippen MR) is 76.5 cm³/mol. The minimum atomic E-state index is -0.328. The number of nitrogens with one attached hydrogen (secondary N) is 2. The van der Waals surface area contributed by atoms with Gasteiger partial charge >= 0.3 is 0 Å². The molecule has 1 aliphatic rings. The van der Waals surface area contributed by atoms with Crippen molar-refractivity contribution in [3.8, 4) is 0 Å². The van der Waals surface area contributed by atoms with Crippen molar-refractivity contribution in [2.75, 3.05) is 25.0 Å². The SMILES string of the molecule is Cc1c(NCCC2CCCNC2)cccc1[N+](=O)[O-]. The maximum atomic E-state index is 10.9. The van der Waals surface area contributed by atoms with Gasteiger partial charge in [0.2, 0.25) is 0 Å². The second-order valence-electron chi connectivity index (χ2n) is 5.13. The standard InChI is InChI=1S/C14H21N3O2/c1-11-13(5-2-6-14(11)17(18)19)16-9-7-12-4-3-8-15-10-12/h2,5-6,12,15-16H,3-4,7-10H2,1H3. The third-order valence-corrected chi connectivity index (χ3v) is 3.77. The van der Waals surface area contributed by atoms with E-state index in [9.17, 15) is 10.1 Å². The van der Waals surface area contributed by atoms with E-state index in [1.165, 1.54) is 12.8 Å². The van der Waals surface area contributed by atoms with Gasteiger partial charge in [0.05, 0.1) is 4.92 Å². The van der Waals surface area contributed by atoms with E-state index in [-0.39, 0.29) is 10.6 Å². The van der Waals surface area contributed by atoms with Crippen molar-refractivity contribution in [3.05, 3.63) is 33.9 Å². The average Bonchev–Trinajstić information content (AvgIpc) is 2.41. The molecular weight excluding hydrogens is 242 g/mol. The number of hydrogen-bond donors (Lipinski definition) is 2. The second-order valence-corrected chi connectivity index (χ2v) is 5.13. The van der Waals surface area contributed by atoms with Crippen molar-refractivity contribution in [3.63, 3.8) is 0 Å². The number of anilines is 1. The van der Waals surface area contributed by atoms with Crippen LogP contribution in [0.25, 0.3) is 0 Å². The summed E-state index contributed by atoms with van der Waals surface area (Å²) in [5.74, 6) is 0.722. The van der Waals surface area contributed by atoms with E-state index >= 15 is 0 Å². The number of nitro groups is 1. The van der Waals surface area contributed by atoms with E-state index in [1.54, 1.807) is 19.1 Å². The molecule has 1 atom stereocenters. The highest BCUT2D eigenvalue weighted by Crippen LogP contribution is 2.25. The van der Waals surface area contributed by atoms with Gasteiger partial charge in [-0.3, -0.25) is 10.1 Å². The van der Waals surface area contributed by atoms with Crippen molar-refractivity contribution < 1.29 is 4.92 Å². The fourth-order valence-corrected chi connectivity index (χ4v) is 2.59. The molecule has 1 unspecified atom stereocenters. The lowest BCUT2D eigenvalue weighted by molar-refractivity contribution is -0.385. The molecule has 0 radical (unpaired) electrons. The third-order valence-electron chi connectivity index (χ3n) is 3.77. The van der Waals surface area contributed by atoms with Crippen LogP contribution in [0.1, 0.15) is 24.8 Å². The Balaban J connectivity index is 1.88. The number of benzene rings is 1.